The Morgan fingerprint density at radius 3 is 2.50 bits per heavy atom. The molecule has 14 heavy (non-hydrogen) atoms. The third kappa shape index (κ3) is 3.14. The smallest absolute Gasteiger partial charge is 0.0278 e. The molecule has 1 saturated heterocycles. The third-order valence-electron chi connectivity index (χ3n) is 3.01. The SMILES string of the molecule is CSCCN1CC(C)(C)NCC1(C)C. The van der Waals surface area contributed by atoms with Gasteiger partial charge >= 0.3 is 0 Å². The van der Waals surface area contributed by atoms with Crippen LogP contribution in [-0.2, 0) is 0 Å². The molecule has 0 aromatic rings. The minimum Gasteiger partial charge on any atom is -0.309 e. The standard InChI is InChI=1S/C11H24N2S/c1-10(2)9-13(6-7-14-5)11(3,4)8-12-10/h12H,6-9H2,1-5H3. The Morgan fingerprint density at radius 2 is 1.93 bits per heavy atom. The van der Waals surface area contributed by atoms with E-state index in [1.54, 1.807) is 0 Å². The molecule has 1 aliphatic heterocycles. The van der Waals surface area contributed by atoms with Gasteiger partial charge in [-0.3, -0.25) is 4.90 Å². The summed E-state index contributed by atoms with van der Waals surface area (Å²) in [5.41, 5.74) is 0.583. The molecule has 0 unspecified atom stereocenters. The lowest BCUT2D eigenvalue weighted by Crippen LogP contribution is -2.66. The maximum absolute atomic E-state index is 3.61. The Labute approximate surface area is 92.8 Å². The molecule has 1 aliphatic rings. The highest BCUT2D eigenvalue weighted by atomic mass is 32.2. The van der Waals surface area contributed by atoms with E-state index in [0.29, 0.717) is 5.54 Å². The van der Waals surface area contributed by atoms with Gasteiger partial charge in [0.2, 0.25) is 0 Å². The number of nitrogens with zero attached hydrogens (tertiary/aromatic N) is 1. The van der Waals surface area contributed by atoms with Crippen LogP contribution in [0.3, 0.4) is 0 Å². The molecule has 0 aromatic heterocycles. The number of piperazine rings is 1. The summed E-state index contributed by atoms with van der Waals surface area (Å²) in [6, 6.07) is 0. The number of hydrogen-bond donors (Lipinski definition) is 1. The van der Waals surface area contributed by atoms with Crippen molar-refractivity contribution in [2.75, 3.05) is 31.6 Å². The van der Waals surface area contributed by atoms with Crippen LogP contribution in [0.2, 0.25) is 0 Å². The molecule has 0 atom stereocenters. The molecule has 0 amide bonds. The fourth-order valence-corrected chi connectivity index (χ4v) is 2.30. The minimum absolute atomic E-state index is 0.272. The quantitative estimate of drug-likeness (QED) is 0.774. The first-order chi connectivity index (χ1) is 6.37. The number of nitrogens with one attached hydrogen (secondary N) is 1. The highest BCUT2D eigenvalue weighted by molar-refractivity contribution is 7.98. The van der Waals surface area contributed by atoms with Crippen molar-refractivity contribution in [3.8, 4) is 0 Å². The van der Waals surface area contributed by atoms with Gasteiger partial charge in [0.05, 0.1) is 0 Å². The Bertz CT molecular complexity index is 190. The van der Waals surface area contributed by atoms with Crippen LogP contribution in [0, 0.1) is 0 Å². The zero-order valence-electron chi connectivity index (χ0n) is 10.2. The van der Waals surface area contributed by atoms with E-state index >= 15 is 0 Å². The maximum atomic E-state index is 3.61. The number of rotatable bonds is 3. The molecule has 0 bridgehead atoms. The fraction of sp³-hybridized carbons (Fsp3) is 1.00. The number of hydrogen-bond acceptors (Lipinski definition) is 3. The fourth-order valence-electron chi connectivity index (χ4n) is 1.90. The second-order valence-corrected chi connectivity index (χ2v) is 6.45. The predicted molar refractivity (Wildman–Crippen MR) is 66.1 cm³/mol. The van der Waals surface area contributed by atoms with E-state index in [9.17, 15) is 0 Å². The summed E-state index contributed by atoms with van der Waals surface area (Å²) in [4.78, 5) is 2.61. The molecule has 3 heteroatoms. The van der Waals surface area contributed by atoms with E-state index in [2.05, 4.69) is 44.2 Å². The van der Waals surface area contributed by atoms with Crippen LogP contribution in [0.15, 0.2) is 0 Å². The van der Waals surface area contributed by atoms with Gasteiger partial charge < -0.3 is 5.32 Å². The molecule has 2 nitrogen and oxygen atoms in total. The third-order valence-corrected chi connectivity index (χ3v) is 3.60. The van der Waals surface area contributed by atoms with Crippen LogP contribution >= 0.6 is 11.8 Å². The van der Waals surface area contributed by atoms with E-state index in [-0.39, 0.29) is 5.54 Å². The van der Waals surface area contributed by atoms with Crippen molar-refractivity contribution in [2.45, 2.75) is 38.8 Å². The van der Waals surface area contributed by atoms with Crippen LogP contribution in [0.25, 0.3) is 0 Å². The normalized spacial score (nSPS) is 26.4. The zero-order valence-corrected chi connectivity index (χ0v) is 11.0. The first-order valence-corrected chi connectivity index (χ1v) is 6.76. The monoisotopic (exact) mass is 216 g/mol. The van der Waals surface area contributed by atoms with E-state index in [1.165, 1.54) is 12.3 Å². The van der Waals surface area contributed by atoms with Gasteiger partial charge in [-0.15, -0.1) is 0 Å². The second-order valence-electron chi connectivity index (χ2n) is 5.46. The van der Waals surface area contributed by atoms with E-state index in [1.807, 2.05) is 11.8 Å². The molecule has 1 fully saturated rings. The Hall–Kier alpha value is 0.270. The lowest BCUT2D eigenvalue weighted by atomic mass is 9.92. The summed E-state index contributed by atoms with van der Waals surface area (Å²) in [5.74, 6) is 1.24. The van der Waals surface area contributed by atoms with Crippen molar-refractivity contribution in [1.29, 1.82) is 0 Å². The summed E-state index contributed by atoms with van der Waals surface area (Å²) < 4.78 is 0. The van der Waals surface area contributed by atoms with Crippen molar-refractivity contribution in [1.82, 2.24) is 10.2 Å². The van der Waals surface area contributed by atoms with Crippen molar-refractivity contribution in [3.63, 3.8) is 0 Å². The molecule has 0 spiro atoms. The largest absolute Gasteiger partial charge is 0.309 e. The average Bonchev–Trinajstić information content (AvgIpc) is 2.07. The minimum atomic E-state index is 0.272. The van der Waals surface area contributed by atoms with Crippen molar-refractivity contribution < 1.29 is 0 Å². The Balaban J connectivity index is 2.57. The summed E-state index contributed by atoms with van der Waals surface area (Å²) >= 11 is 1.93. The lowest BCUT2D eigenvalue weighted by Gasteiger charge is -2.49. The first-order valence-electron chi connectivity index (χ1n) is 5.36. The molecular formula is C11H24N2S. The summed E-state index contributed by atoms with van der Waals surface area (Å²) in [5, 5.41) is 3.61. The van der Waals surface area contributed by atoms with Gasteiger partial charge in [0.1, 0.15) is 0 Å². The van der Waals surface area contributed by atoms with E-state index in [0.717, 1.165) is 13.1 Å². The highest BCUT2D eigenvalue weighted by Crippen LogP contribution is 2.23. The van der Waals surface area contributed by atoms with Gasteiger partial charge in [-0.2, -0.15) is 11.8 Å². The molecule has 1 N–H and O–H groups in total. The Kier molecular flexibility index (Phi) is 3.89. The van der Waals surface area contributed by atoms with Gasteiger partial charge in [0, 0.05) is 36.5 Å². The average molecular weight is 216 g/mol. The van der Waals surface area contributed by atoms with Crippen LogP contribution in [0.1, 0.15) is 27.7 Å². The lowest BCUT2D eigenvalue weighted by molar-refractivity contribution is 0.0453. The van der Waals surface area contributed by atoms with Gasteiger partial charge in [0.25, 0.3) is 0 Å². The van der Waals surface area contributed by atoms with Crippen LogP contribution < -0.4 is 5.32 Å². The van der Waals surface area contributed by atoms with Crippen LogP contribution in [-0.4, -0.2) is 47.6 Å². The van der Waals surface area contributed by atoms with Crippen molar-refractivity contribution in [2.24, 2.45) is 0 Å². The molecular weight excluding hydrogens is 192 g/mol. The second kappa shape index (κ2) is 4.42. The topological polar surface area (TPSA) is 15.3 Å². The van der Waals surface area contributed by atoms with E-state index in [4.69, 9.17) is 0 Å². The molecule has 0 radical (unpaired) electrons. The van der Waals surface area contributed by atoms with Gasteiger partial charge in [-0.25, -0.2) is 0 Å². The summed E-state index contributed by atoms with van der Waals surface area (Å²) in [6.45, 7) is 12.7. The predicted octanol–water partition coefficient (Wildman–Crippen LogP) is 1.81. The van der Waals surface area contributed by atoms with Gasteiger partial charge in [0.15, 0.2) is 0 Å². The first kappa shape index (κ1) is 12.3. The van der Waals surface area contributed by atoms with Crippen LogP contribution in [0.4, 0.5) is 0 Å². The molecule has 1 heterocycles. The summed E-state index contributed by atoms with van der Waals surface area (Å²) in [7, 11) is 0. The Morgan fingerprint density at radius 1 is 1.29 bits per heavy atom. The van der Waals surface area contributed by atoms with Crippen molar-refractivity contribution in [3.05, 3.63) is 0 Å². The molecule has 0 saturated carbocycles. The van der Waals surface area contributed by atoms with E-state index < -0.39 is 0 Å². The molecule has 0 aromatic carbocycles. The zero-order chi connectivity index (χ0) is 10.8. The van der Waals surface area contributed by atoms with Crippen LogP contribution in [0.5, 0.6) is 0 Å². The molecule has 0 aliphatic carbocycles. The maximum Gasteiger partial charge on any atom is 0.0278 e. The number of thioether (sulfide) groups is 1. The van der Waals surface area contributed by atoms with Gasteiger partial charge in [-0.1, -0.05) is 0 Å². The highest BCUT2D eigenvalue weighted by Gasteiger charge is 2.36. The van der Waals surface area contributed by atoms with Gasteiger partial charge in [-0.05, 0) is 34.0 Å². The van der Waals surface area contributed by atoms with Crippen molar-refractivity contribution >= 4 is 11.8 Å². The molecule has 84 valence electrons. The summed E-state index contributed by atoms with van der Waals surface area (Å²) in [6.07, 6.45) is 2.18. The molecule has 1 rings (SSSR count).